The highest BCUT2D eigenvalue weighted by atomic mass is 16.1. The lowest BCUT2D eigenvalue weighted by Crippen LogP contribution is -2.15. The average molecular weight is 173 g/mol. The molecule has 2 heteroatoms. The molecule has 0 aromatic rings. The third-order valence-electron chi connectivity index (χ3n) is 1.13. The van der Waals surface area contributed by atoms with Gasteiger partial charge in [-0.15, -0.1) is 0 Å². The van der Waals surface area contributed by atoms with Crippen LogP contribution in [0.5, 0.6) is 0 Å². The molecule has 0 aliphatic rings. The van der Waals surface area contributed by atoms with Crippen LogP contribution in [0.2, 0.25) is 0 Å². The molecule has 1 N–H and O–H groups in total. The number of rotatable bonds is 5. The molecule has 0 amide bonds. The Balaban J connectivity index is 0. The highest BCUT2D eigenvalue weighted by molar-refractivity contribution is 5.72. The van der Waals surface area contributed by atoms with Crippen LogP contribution in [0.3, 0.4) is 0 Å². The summed E-state index contributed by atoms with van der Waals surface area (Å²) in [4.78, 5) is 9.44. The molecule has 2 nitrogen and oxygen atoms in total. The molecule has 0 atom stereocenters. The largest absolute Gasteiger partial charge is 0.317 e. The second-order valence-corrected chi connectivity index (χ2v) is 3.01. The van der Waals surface area contributed by atoms with Crippen LogP contribution in [0.4, 0.5) is 0 Å². The van der Waals surface area contributed by atoms with Gasteiger partial charge in [0.15, 0.2) is 0 Å². The molecule has 0 saturated carbocycles. The lowest BCUT2D eigenvalue weighted by molar-refractivity contribution is -0.114. The van der Waals surface area contributed by atoms with Gasteiger partial charge >= 0.3 is 0 Å². The van der Waals surface area contributed by atoms with Crippen molar-refractivity contribution < 1.29 is 4.79 Å². The highest BCUT2D eigenvalue weighted by Gasteiger charge is 1.80. The van der Waals surface area contributed by atoms with Crippen LogP contribution in [0.1, 0.15) is 47.0 Å². The van der Waals surface area contributed by atoms with Gasteiger partial charge in [-0.05, 0) is 39.8 Å². The zero-order chi connectivity index (χ0) is 9.82. The zero-order valence-corrected chi connectivity index (χ0v) is 8.94. The summed E-state index contributed by atoms with van der Waals surface area (Å²) < 4.78 is 0. The Kier molecular flexibility index (Phi) is 15.6. The second-order valence-electron chi connectivity index (χ2n) is 3.01. The molecule has 0 rings (SSSR count). The van der Waals surface area contributed by atoms with Gasteiger partial charge in [0.25, 0.3) is 0 Å². The first-order valence-corrected chi connectivity index (χ1v) is 4.83. The number of carbonyl (C=O) groups is 1. The number of nitrogens with one attached hydrogen (secondary N) is 1. The molecular formula is C10H23NO. The van der Waals surface area contributed by atoms with E-state index in [1.165, 1.54) is 46.2 Å². The molecule has 0 radical (unpaired) electrons. The fraction of sp³-hybridized carbons (Fsp3) is 0.900. The smallest absolute Gasteiger partial charge is 0.126 e. The number of Topliss-reactive ketones (excluding diaryl/α,β-unsaturated/α-hetero) is 1. The monoisotopic (exact) mass is 173 g/mol. The third kappa shape index (κ3) is 33.5. The predicted molar refractivity (Wildman–Crippen MR) is 54.4 cm³/mol. The molecule has 0 aromatic carbocycles. The van der Waals surface area contributed by atoms with Crippen molar-refractivity contribution >= 4 is 5.78 Å². The molecule has 0 aromatic heterocycles. The summed E-state index contributed by atoms with van der Waals surface area (Å²) in [6, 6.07) is 0. The van der Waals surface area contributed by atoms with Crippen LogP contribution in [0, 0.1) is 0 Å². The van der Waals surface area contributed by atoms with E-state index >= 15 is 0 Å². The minimum absolute atomic E-state index is 0.167. The Morgan fingerprint density at radius 3 is 1.92 bits per heavy atom. The first-order valence-electron chi connectivity index (χ1n) is 4.83. The maximum Gasteiger partial charge on any atom is 0.126 e. The maximum atomic E-state index is 9.44. The summed E-state index contributed by atoms with van der Waals surface area (Å²) in [5.74, 6) is 0.167. The van der Waals surface area contributed by atoms with Gasteiger partial charge in [-0.1, -0.05) is 20.3 Å². The van der Waals surface area contributed by atoms with Crippen LogP contribution in [0.25, 0.3) is 0 Å². The Bertz CT molecular complexity index is 81.8. The van der Waals surface area contributed by atoms with Crippen molar-refractivity contribution in [2.24, 2.45) is 0 Å². The van der Waals surface area contributed by atoms with Crippen LogP contribution < -0.4 is 5.32 Å². The SMILES string of the molecule is CC(C)=O.CCCCNCCC. The molecule has 0 aliphatic carbocycles. The van der Waals surface area contributed by atoms with E-state index in [2.05, 4.69) is 19.2 Å². The number of hydrogen-bond acceptors (Lipinski definition) is 2. The minimum Gasteiger partial charge on any atom is -0.317 e. The minimum atomic E-state index is 0.167. The highest BCUT2D eigenvalue weighted by Crippen LogP contribution is 1.81. The molecule has 0 heterocycles. The topological polar surface area (TPSA) is 29.1 Å². The van der Waals surface area contributed by atoms with Gasteiger partial charge in [0, 0.05) is 0 Å². The molecule has 0 spiro atoms. The quantitative estimate of drug-likeness (QED) is 0.647. The molecule has 74 valence electrons. The third-order valence-corrected chi connectivity index (χ3v) is 1.13. The van der Waals surface area contributed by atoms with E-state index in [-0.39, 0.29) is 5.78 Å². The summed E-state index contributed by atoms with van der Waals surface area (Å²) >= 11 is 0. The van der Waals surface area contributed by atoms with Crippen LogP contribution >= 0.6 is 0 Å². The van der Waals surface area contributed by atoms with Crippen LogP contribution in [0.15, 0.2) is 0 Å². The Labute approximate surface area is 76.7 Å². The Morgan fingerprint density at radius 2 is 1.58 bits per heavy atom. The summed E-state index contributed by atoms with van der Waals surface area (Å²) in [5.41, 5.74) is 0. The molecule has 0 aliphatic heterocycles. The van der Waals surface area contributed by atoms with Gasteiger partial charge in [0.1, 0.15) is 5.78 Å². The molecule has 0 saturated heterocycles. The van der Waals surface area contributed by atoms with E-state index in [1.807, 2.05) is 0 Å². The van der Waals surface area contributed by atoms with Crippen molar-refractivity contribution in [3.63, 3.8) is 0 Å². The van der Waals surface area contributed by atoms with Crippen molar-refractivity contribution in [2.75, 3.05) is 13.1 Å². The number of ketones is 1. The van der Waals surface area contributed by atoms with Crippen molar-refractivity contribution in [1.82, 2.24) is 5.32 Å². The van der Waals surface area contributed by atoms with E-state index in [9.17, 15) is 4.79 Å². The van der Waals surface area contributed by atoms with Crippen molar-refractivity contribution in [2.45, 2.75) is 47.0 Å². The van der Waals surface area contributed by atoms with E-state index in [0.29, 0.717) is 0 Å². The van der Waals surface area contributed by atoms with Gasteiger partial charge in [-0.25, -0.2) is 0 Å². The first kappa shape index (κ1) is 14.2. The number of hydrogen-bond donors (Lipinski definition) is 1. The fourth-order valence-electron chi connectivity index (χ4n) is 0.604. The molecule has 0 fully saturated rings. The fourth-order valence-corrected chi connectivity index (χ4v) is 0.604. The van der Waals surface area contributed by atoms with E-state index in [4.69, 9.17) is 0 Å². The molecule has 0 bridgehead atoms. The normalized spacial score (nSPS) is 8.67. The van der Waals surface area contributed by atoms with Gasteiger partial charge < -0.3 is 10.1 Å². The lowest BCUT2D eigenvalue weighted by atomic mass is 10.3. The van der Waals surface area contributed by atoms with Crippen molar-refractivity contribution in [1.29, 1.82) is 0 Å². The van der Waals surface area contributed by atoms with Gasteiger partial charge in [-0.2, -0.15) is 0 Å². The second kappa shape index (κ2) is 13.2. The number of carbonyl (C=O) groups excluding carboxylic acids is 1. The molecule has 12 heavy (non-hydrogen) atoms. The summed E-state index contributed by atoms with van der Waals surface area (Å²) in [6.07, 6.45) is 3.88. The van der Waals surface area contributed by atoms with Crippen LogP contribution in [-0.4, -0.2) is 18.9 Å². The Hall–Kier alpha value is -0.370. The van der Waals surface area contributed by atoms with Gasteiger partial charge in [0.05, 0.1) is 0 Å². The summed E-state index contributed by atoms with van der Waals surface area (Å²) in [6.45, 7) is 9.84. The molecule has 0 unspecified atom stereocenters. The lowest BCUT2D eigenvalue weighted by Gasteiger charge is -1.98. The van der Waals surface area contributed by atoms with E-state index in [0.717, 1.165) is 0 Å². The van der Waals surface area contributed by atoms with Crippen LogP contribution in [-0.2, 0) is 4.79 Å². The van der Waals surface area contributed by atoms with E-state index in [1.54, 1.807) is 0 Å². The van der Waals surface area contributed by atoms with Gasteiger partial charge in [0.2, 0.25) is 0 Å². The first-order chi connectivity index (χ1) is 5.65. The number of unbranched alkanes of at least 4 members (excludes halogenated alkanes) is 1. The summed E-state index contributed by atoms with van der Waals surface area (Å²) in [7, 11) is 0. The average Bonchev–Trinajstić information content (AvgIpc) is 1.97. The standard InChI is InChI=1S/C7H17N.C3H6O/c1-3-5-7-8-6-4-2;1-3(2)4/h8H,3-7H2,1-2H3;1-2H3. The zero-order valence-electron chi connectivity index (χ0n) is 8.94. The van der Waals surface area contributed by atoms with Crippen molar-refractivity contribution in [3.8, 4) is 0 Å². The maximum absolute atomic E-state index is 9.44. The molecular weight excluding hydrogens is 150 g/mol. The Morgan fingerprint density at radius 1 is 1.08 bits per heavy atom. The van der Waals surface area contributed by atoms with E-state index < -0.39 is 0 Å². The van der Waals surface area contributed by atoms with Gasteiger partial charge in [-0.3, -0.25) is 0 Å². The summed E-state index contributed by atoms with van der Waals surface area (Å²) in [5, 5.41) is 3.34. The predicted octanol–water partition coefficient (Wildman–Crippen LogP) is 2.38. The van der Waals surface area contributed by atoms with Crippen molar-refractivity contribution in [3.05, 3.63) is 0 Å².